The lowest BCUT2D eigenvalue weighted by atomic mass is 10.1. The quantitative estimate of drug-likeness (QED) is 0.738. The molecule has 0 unspecified atom stereocenters. The standard InChI is InChI=1S/C8H11NO2S.ClH/c9-5-7-1-3-8(4-2-7)6-12(10)11;/h1-4,12H,5-6,9H2;1H. The molecule has 74 valence electrons. The number of hydrogen-bond acceptors (Lipinski definition) is 3. The van der Waals surface area contributed by atoms with Crippen LogP contribution in [0.3, 0.4) is 0 Å². The van der Waals surface area contributed by atoms with Crippen LogP contribution in [0.1, 0.15) is 11.1 Å². The summed E-state index contributed by atoms with van der Waals surface area (Å²) in [6.07, 6.45) is 0. The number of thiol groups is 1. The van der Waals surface area contributed by atoms with Crippen molar-refractivity contribution < 1.29 is 8.42 Å². The Morgan fingerprint density at radius 1 is 1.08 bits per heavy atom. The molecule has 0 aliphatic heterocycles. The maximum Gasteiger partial charge on any atom is 0.144 e. The second kappa shape index (κ2) is 5.96. The van der Waals surface area contributed by atoms with Crippen molar-refractivity contribution in [3.8, 4) is 0 Å². The molecular weight excluding hydrogens is 210 g/mol. The Labute approximate surface area is 85.3 Å². The maximum absolute atomic E-state index is 10.3. The highest BCUT2D eigenvalue weighted by molar-refractivity contribution is 7.71. The van der Waals surface area contributed by atoms with Gasteiger partial charge in [0.2, 0.25) is 0 Å². The van der Waals surface area contributed by atoms with Gasteiger partial charge in [-0.3, -0.25) is 0 Å². The van der Waals surface area contributed by atoms with Crippen LogP contribution in [0, 0.1) is 0 Å². The van der Waals surface area contributed by atoms with Gasteiger partial charge in [0.25, 0.3) is 0 Å². The van der Waals surface area contributed by atoms with E-state index in [2.05, 4.69) is 0 Å². The molecule has 1 aromatic rings. The maximum atomic E-state index is 10.3. The highest BCUT2D eigenvalue weighted by Crippen LogP contribution is 2.04. The fraction of sp³-hybridized carbons (Fsp3) is 0.250. The van der Waals surface area contributed by atoms with E-state index in [4.69, 9.17) is 5.73 Å². The topological polar surface area (TPSA) is 60.2 Å². The van der Waals surface area contributed by atoms with E-state index in [0.717, 1.165) is 11.1 Å². The number of halogens is 1. The van der Waals surface area contributed by atoms with Gasteiger partial charge >= 0.3 is 0 Å². The molecule has 5 heteroatoms. The average molecular weight is 222 g/mol. The van der Waals surface area contributed by atoms with Gasteiger partial charge in [-0.25, -0.2) is 8.42 Å². The number of hydrogen-bond donors (Lipinski definition) is 2. The van der Waals surface area contributed by atoms with E-state index in [0.29, 0.717) is 6.54 Å². The van der Waals surface area contributed by atoms with Gasteiger partial charge in [-0.2, -0.15) is 0 Å². The minimum Gasteiger partial charge on any atom is -0.326 e. The van der Waals surface area contributed by atoms with Crippen LogP contribution in [-0.2, 0) is 23.0 Å². The fourth-order valence-electron chi connectivity index (χ4n) is 0.930. The third-order valence-corrected chi connectivity index (χ3v) is 2.19. The Morgan fingerprint density at radius 2 is 1.54 bits per heavy atom. The first-order valence-electron chi connectivity index (χ1n) is 3.62. The minimum absolute atomic E-state index is 0. The largest absolute Gasteiger partial charge is 0.326 e. The van der Waals surface area contributed by atoms with Crippen molar-refractivity contribution in [3.63, 3.8) is 0 Å². The van der Waals surface area contributed by atoms with Crippen LogP contribution >= 0.6 is 12.4 Å². The smallest absolute Gasteiger partial charge is 0.144 e. The second-order valence-corrected chi connectivity index (χ2v) is 3.49. The number of rotatable bonds is 3. The van der Waals surface area contributed by atoms with Gasteiger partial charge in [0.15, 0.2) is 0 Å². The van der Waals surface area contributed by atoms with Crippen molar-refractivity contribution in [1.29, 1.82) is 0 Å². The summed E-state index contributed by atoms with van der Waals surface area (Å²) in [7, 11) is -2.32. The van der Waals surface area contributed by atoms with Crippen LogP contribution in [0.2, 0.25) is 0 Å². The number of benzene rings is 1. The van der Waals surface area contributed by atoms with Crippen LogP contribution < -0.4 is 5.73 Å². The first-order valence-corrected chi connectivity index (χ1v) is 4.98. The van der Waals surface area contributed by atoms with E-state index < -0.39 is 10.7 Å². The van der Waals surface area contributed by atoms with Gasteiger partial charge in [-0.05, 0) is 11.1 Å². The predicted molar refractivity (Wildman–Crippen MR) is 55.6 cm³/mol. The van der Waals surface area contributed by atoms with Crippen LogP contribution in [0.15, 0.2) is 24.3 Å². The van der Waals surface area contributed by atoms with Crippen LogP contribution in [0.25, 0.3) is 0 Å². The molecule has 0 saturated heterocycles. The molecule has 0 spiro atoms. The molecule has 0 saturated carbocycles. The highest BCUT2D eigenvalue weighted by Gasteiger charge is 1.93. The molecule has 1 aromatic carbocycles. The van der Waals surface area contributed by atoms with Crippen molar-refractivity contribution in [2.45, 2.75) is 12.3 Å². The van der Waals surface area contributed by atoms with E-state index in [1.807, 2.05) is 12.1 Å². The zero-order valence-electron chi connectivity index (χ0n) is 6.97. The lowest BCUT2D eigenvalue weighted by molar-refractivity contribution is 0.614. The summed E-state index contributed by atoms with van der Waals surface area (Å²) in [5.74, 6) is 0.111. The van der Waals surface area contributed by atoms with Gasteiger partial charge in [-0.15, -0.1) is 12.4 Å². The molecule has 3 nitrogen and oxygen atoms in total. The molecule has 0 heterocycles. The Kier molecular flexibility index (Phi) is 5.70. The molecule has 0 aliphatic carbocycles. The van der Waals surface area contributed by atoms with Gasteiger partial charge in [0, 0.05) is 6.54 Å². The van der Waals surface area contributed by atoms with E-state index in [9.17, 15) is 8.42 Å². The van der Waals surface area contributed by atoms with E-state index in [1.54, 1.807) is 12.1 Å². The third-order valence-electron chi connectivity index (χ3n) is 1.57. The molecule has 2 N–H and O–H groups in total. The molecule has 0 aliphatic rings. The lowest BCUT2D eigenvalue weighted by Gasteiger charge is -1.97. The van der Waals surface area contributed by atoms with Crippen molar-refractivity contribution >= 4 is 23.1 Å². The Morgan fingerprint density at radius 3 is 1.92 bits per heavy atom. The summed E-state index contributed by atoms with van der Waals surface area (Å²) < 4.78 is 20.7. The van der Waals surface area contributed by atoms with Crippen LogP contribution in [0.5, 0.6) is 0 Å². The molecule has 13 heavy (non-hydrogen) atoms. The van der Waals surface area contributed by atoms with Crippen molar-refractivity contribution in [3.05, 3.63) is 35.4 Å². The van der Waals surface area contributed by atoms with E-state index in [1.165, 1.54) is 0 Å². The monoisotopic (exact) mass is 221 g/mol. The van der Waals surface area contributed by atoms with Gasteiger partial charge in [0.1, 0.15) is 10.7 Å². The zero-order valence-corrected chi connectivity index (χ0v) is 8.68. The first-order chi connectivity index (χ1) is 5.72. The predicted octanol–water partition coefficient (Wildman–Crippen LogP) is 0.679. The van der Waals surface area contributed by atoms with Crippen LogP contribution in [0.4, 0.5) is 0 Å². The normalized spacial score (nSPS) is 9.69. The van der Waals surface area contributed by atoms with Crippen molar-refractivity contribution in [2.75, 3.05) is 0 Å². The molecule has 0 aromatic heterocycles. The summed E-state index contributed by atoms with van der Waals surface area (Å²) in [4.78, 5) is 0. The summed E-state index contributed by atoms with van der Waals surface area (Å²) >= 11 is 0. The Hall–Kier alpha value is -0.580. The summed E-state index contributed by atoms with van der Waals surface area (Å²) in [6, 6.07) is 7.25. The SMILES string of the molecule is Cl.NCc1ccc(C[SH](=O)=O)cc1. The average Bonchev–Trinajstić information content (AvgIpc) is 2.05. The lowest BCUT2D eigenvalue weighted by Crippen LogP contribution is -1.96. The first kappa shape index (κ1) is 12.4. The molecular formula is C8H12ClNO2S. The summed E-state index contributed by atoms with van der Waals surface area (Å²) in [5.41, 5.74) is 7.20. The van der Waals surface area contributed by atoms with Crippen LogP contribution in [-0.4, -0.2) is 8.42 Å². The van der Waals surface area contributed by atoms with Crippen molar-refractivity contribution in [1.82, 2.24) is 0 Å². The minimum atomic E-state index is -2.32. The molecule has 1 rings (SSSR count). The highest BCUT2D eigenvalue weighted by atomic mass is 35.5. The summed E-state index contributed by atoms with van der Waals surface area (Å²) in [5, 5.41) is 0. The Bertz CT molecular complexity index is 313. The fourth-order valence-corrected chi connectivity index (χ4v) is 1.44. The van der Waals surface area contributed by atoms with Crippen molar-refractivity contribution in [2.24, 2.45) is 5.73 Å². The van der Waals surface area contributed by atoms with Gasteiger partial charge in [-0.1, -0.05) is 24.3 Å². The van der Waals surface area contributed by atoms with E-state index in [-0.39, 0.29) is 18.2 Å². The third kappa shape index (κ3) is 4.26. The second-order valence-electron chi connectivity index (χ2n) is 2.51. The summed E-state index contributed by atoms with van der Waals surface area (Å²) in [6.45, 7) is 0.490. The Balaban J connectivity index is 0.00000144. The molecule has 0 atom stereocenters. The van der Waals surface area contributed by atoms with Gasteiger partial charge in [0.05, 0.1) is 5.75 Å². The van der Waals surface area contributed by atoms with E-state index >= 15 is 0 Å². The number of nitrogens with two attached hydrogens (primary N) is 1. The van der Waals surface area contributed by atoms with Gasteiger partial charge < -0.3 is 5.73 Å². The molecule has 0 radical (unpaired) electrons. The zero-order chi connectivity index (χ0) is 8.97. The molecule has 0 fully saturated rings. The molecule has 0 bridgehead atoms. The molecule has 0 amide bonds.